The molecule has 320 valence electrons. The van der Waals surface area contributed by atoms with Crippen molar-refractivity contribution < 1.29 is 56.2 Å². The fourth-order valence-electron chi connectivity index (χ4n) is 9.85. The number of hydrogen-bond donors (Lipinski definition) is 2. The average molecular weight is 849 g/mol. The molecule has 2 unspecified atom stereocenters. The summed E-state index contributed by atoms with van der Waals surface area (Å²) in [7, 11) is 4.07. The first-order valence-electron chi connectivity index (χ1n) is 22.8. The van der Waals surface area contributed by atoms with Gasteiger partial charge in [-0.05, 0) is 145 Å². The van der Waals surface area contributed by atoms with Crippen LogP contribution in [0.4, 0.5) is 5.69 Å². The van der Waals surface area contributed by atoms with Crippen LogP contribution >= 0.6 is 0 Å². The molecule has 2 N–H and O–H groups in total. The SMILES string of the molecule is C=CC(CCC(=C)NC)N(C)CCc1cc(N2CCC(CN3CCC(CN4CCC(NC(=[N-])C5=C(c6ccc(CC7=CC=CCC7)cc6)N=C5)CC4)C3)CC2)ccc1C=O.[K+]. The normalized spacial score (nSPS) is 20.5. The summed E-state index contributed by atoms with van der Waals surface area (Å²) < 4.78 is 0. The molecule has 2 aromatic carbocycles. The zero-order valence-electron chi connectivity index (χ0n) is 37.5. The molecule has 0 saturated carbocycles. The number of aliphatic imine (C=N–C) groups is 1. The summed E-state index contributed by atoms with van der Waals surface area (Å²) in [5.74, 6) is 1.74. The minimum absolute atomic E-state index is 0. The Labute approximate surface area is 409 Å². The van der Waals surface area contributed by atoms with Crippen LogP contribution in [-0.2, 0) is 12.8 Å². The Morgan fingerprint density at radius 3 is 2.41 bits per heavy atom. The molecule has 61 heavy (non-hydrogen) atoms. The summed E-state index contributed by atoms with van der Waals surface area (Å²) in [5, 5.41) is 17.7. The number of piperidine rings is 2. The van der Waals surface area contributed by atoms with Crippen LogP contribution in [0, 0.1) is 11.8 Å². The molecule has 2 aromatic rings. The number of amidine groups is 1. The van der Waals surface area contributed by atoms with Crippen LogP contribution in [0.2, 0.25) is 0 Å². The zero-order chi connectivity index (χ0) is 41.8. The number of carbonyl (C=O) groups is 1. The standard InChI is InChI=1S/C51H69N8O.K/c1-5-47(17-11-38(2)53-3)56(4)25-22-44-32-48(18-16-45(44)37-60)59-29-20-41(21-30-59)34-58-26-19-42(36-58)35-57-27-23-46(24-28-57)55-51(52)49-33-54-50(49)43-14-12-40(13-15-43)31-39-9-7-6-8-10-39;/h5-7,9,12-16,18,32-33,37,41-42,46-47,53H,1-2,8,10-11,17,19-31,34-36H2,3-4H3,(H-,52,55);/q-1;+1. The molecule has 3 saturated heterocycles. The van der Waals surface area contributed by atoms with Crippen LogP contribution in [-0.4, -0.2) is 118 Å². The molecule has 1 aliphatic carbocycles. The molecule has 0 amide bonds. The Morgan fingerprint density at radius 1 is 1.00 bits per heavy atom. The first-order chi connectivity index (χ1) is 29.3. The molecule has 10 heteroatoms. The van der Waals surface area contributed by atoms with Crippen LogP contribution < -0.4 is 66.9 Å². The summed E-state index contributed by atoms with van der Waals surface area (Å²) >= 11 is 0. The van der Waals surface area contributed by atoms with Crippen LogP contribution in [0.1, 0.15) is 84.8 Å². The van der Waals surface area contributed by atoms with E-state index in [0.717, 1.165) is 136 Å². The van der Waals surface area contributed by atoms with Crippen LogP contribution in [0.15, 0.2) is 102 Å². The van der Waals surface area contributed by atoms with Crippen molar-refractivity contribution in [1.82, 2.24) is 25.3 Å². The number of aldehydes is 1. The first kappa shape index (κ1) is 47.5. The van der Waals surface area contributed by atoms with Crippen LogP contribution in [0.25, 0.3) is 11.1 Å². The maximum absolute atomic E-state index is 12.0. The van der Waals surface area contributed by atoms with Gasteiger partial charge in [-0.3, -0.25) is 14.7 Å². The second kappa shape index (κ2) is 23.7. The maximum Gasteiger partial charge on any atom is 1.00 e. The van der Waals surface area contributed by atoms with Crippen molar-refractivity contribution in [2.24, 2.45) is 16.8 Å². The number of allylic oxidation sites excluding steroid dienone is 5. The molecule has 5 aliphatic rings. The fourth-order valence-corrected chi connectivity index (χ4v) is 9.85. The van der Waals surface area contributed by atoms with Gasteiger partial charge in [0.2, 0.25) is 0 Å². The summed E-state index contributed by atoms with van der Waals surface area (Å²) in [5.41, 5.74) is 9.77. The number of nitrogens with one attached hydrogen (secondary N) is 2. The van der Waals surface area contributed by atoms with E-state index in [1.807, 2.05) is 19.2 Å². The Morgan fingerprint density at radius 2 is 1.74 bits per heavy atom. The molecule has 9 nitrogen and oxygen atoms in total. The number of nitrogens with zero attached hydrogens (tertiary/aromatic N) is 6. The van der Waals surface area contributed by atoms with Crippen molar-refractivity contribution >= 4 is 29.7 Å². The van der Waals surface area contributed by atoms with Gasteiger partial charge in [-0.1, -0.05) is 66.6 Å². The molecule has 0 spiro atoms. The topological polar surface area (TPSA) is 88.8 Å². The third-order valence-corrected chi connectivity index (χ3v) is 13.8. The summed E-state index contributed by atoms with van der Waals surface area (Å²) in [6.45, 7) is 18.1. The van der Waals surface area contributed by atoms with Crippen molar-refractivity contribution in [3.8, 4) is 0 Å². The summed E-state index contributed by atoms with van der Waals surface area (Å²) in [6, 6.07) is 15.6. The molecular weight excluding hydrogens is 780 g/mol. The van der Waals surface area contributed by atoms with Gasteiger partial charge in [0.15, 0.2) is 0 Å². The zero-order valence-corrected chi connectivity index (χ0v) is 40.6. The second-order valence-corrected chi connectivity index (χ2v) is 18.0. The van der Waals surface area contributed by atoms with Crippen molar-refractivity contribution in [2.75, 3.05) is 77.9 Å². The first-order valence-corrected chi connectivity index (χ1v) is 22.8. The number of likely N-dealkylation sites (N-methyl/N-ethyl adjacent to an activating group) is 1. The Balaban J connectivity index is 0.00000622. The Kier molecular flexibility index (Phi) is 18.4. The Bertz CT molecular complexity index is 1930. The average Bonchev–Trinajstić information content (AvgIpc) is 3.70. The number of benzene rings is 2. The Hall–Kier alpha value is -2.93. The van der Waals surface area contributed by atoms with E-state index >= 15 is 0 Å². The molecular formula is C51H69KN8O. The van der Waals surface area contributed by atoms with Gasteiger partial charge in [0.05, 0.1) is 5.70 Å². The van der Waals surface area contributed by atoms with E-state index in [9.17, 15) is 10.2 Å². The van der Waals surface area contributed by atoms with Crippen molar-refractivity contribution in [3.63, 3.8) is 0 Å². The third-order valence-electron chi connectivity index (χ3n) is 13.8. The smallest absolute Gasteiger partial charge is 0.478 e. The predicted molar refractivity (Wildman–Crippen MR) is 252 cm³/mol. The van der Waals surface area contributed by atoms with Gasteiger partial charge in [-0.25, -0.2) is 0 Å². The molecule has 4 aliphatic heterocycles. The number of rotatable bonds is 20. The number of anilines is 1. The second-order valence-electron chi connectivity index (χ2n) is 18.0. The van der Waals surface area contributed by atoms with Crippen molar-refractivity contribution in [1.29, 1.82) is 0 Å². The molecule has 4 heterocycles. The van der Waals surface area contributed by atoms with Gasteiger partial charge in [0.1, 0.15) is 6.29 Å². The van der Waals surface area contributed by atoms with E-state index < -0.39 is 0 Å². The molecule has 3 fully saturated rings. The minimum atomic E-state index is 0. The van der Waals surface area contributed by atoms with Gasteiger partial charge < -0.3 is 30.7 Å². The van der Waals surface area contributed by atoms with Crippen LogP contribution in [0.5, 0.6) is 0 Å². The predicted octanol–water partition coefficient (Wildman–Crippen LogP) is 4.92. The molecule has 2 atom stereocenters. The molecule has 0 bridgehead atoms. The summed E-state index contributed by atoms with van der Waals surface area (Å²) in [6.07, 6.45) is 23.2. The largest absolute Gasteiger partial charge is 1.00 e. The van der Waals surface area contributed by atoms with E-state index in [-0.39, 0.29) is 69.3 Å². The molecule has 0 aromatic heterocycles. The van der Waals surface area contributed by atoms with E-state index in [0.29, 0.717) is 0 Å². The van der Waals surface area contributed by atoms with Gasteiger partial charge in [-0.15, -0.1) is 6.58 Å². The van der Waals surface area contributed by atoms with Crippen LogP contribution in [0.3, 0.4) is 0 Å². The number of hydrogen-bond acceptors (Lipinski definition) is 7. The number of likely N-dealkylation sites (tertiary alicyclic amines) is 2. The van der Waals surface area contributed by atoms with Crippen molar-refractivity contribution in [3.05, 3.63) is 124 Å². The number of carbonyl (C=O) groups excluding carboxylic acids is 1. The quantitative estimate of drug-likeness (QED) is 0.0644. The van der Waals surface area contributed by atoms with Gasteiger partial charge in [0, 0.05) is 86.7 Å². The monoisotopic (exact) mass is 849 g/mol. The van der Waals surface area contributed by atoms with Gasteiger partial charge in [-0.2, -0.15) is 0 Å². The van der Waals surface area contributed by atoms with E-state index in [1.165, 1.54) is 62.3 Å². The minimum Gasteiger partial charge on any atom is -0.478 e. The van der Waals surface area contributed by atoms with Crippen molar-refractivity contribution in [2.45, 2.75) is 82.7 Å². The van der Waals surface area contributed by atoms with Gasteiger partial charge in [0.25, 0.3) is 0 Å². The molecule has 7 rings (SSSR count). The fraction of sp³-hybridized carbons (Fsp3) is 0.510. The van der Waals surface area contributed by atoms with Gasteiger partial charge >= 0.3 is 51.4 Å². The molecule has 0 radical (unpaired) electrons. The van der Waals surface area contributed by atoms with E-state index in [4.69, 9.17) is 0 Å². The van der Waals surface area contributed by atoms with E-state index in [1.54, 1.807) is 6.21 Å². The summed E-state index contributed by atoms with van der Waals surface area (Å²) in [4.78, 5) is 26.8. The third kappa shape index (κ3) is 13.3. The van der Waals surface area contributed by atoms with E-state index in [2.05, 4.69) is 110 Å². The maximum atomic E-state index is 12.0.